The van der Waals surface area contributed by atoms with Gasteiger partial charge in [-0.15, -0.1) is 0 Å². The van der Waals surface area contributed by atoms with Crippen LogP contribution in [0.3, 0.4) is 0 Å². The van der Waals surface area contributed by atoms with Gasteiger partial charge in [-0.1, -0.05) is 13.8 Å². The first-order valence-electron chi connectivity index (χ1n) is 19.7. The number of urea groups is 2. The van der Waals surface area contributed by atoms with Gasteiger partial charge in [0.15, 0.2) is 0 Å². The number of carbonyl (C=O) groups excluding carboxylic acids is 5. The fourth-order valence-electron chi connectivity index (χ4n) is 4.66. The molecule has 0 saturated carbocycles. The van der Waals surface area contributed by atoms with Gasteiger partial charge in [0.1, 0.15) is 28.4 Å². The van der Waals surface area contributed by atoms with Gasteiger partial charge in [-0.2, -0.15) is 9.97 Å². The van der Waals surface area contributed by atoms with Gasteiger partial charge in [0.2, 0.25) is 11.9 Å². The van der Waals surface area contributed by atoms with Crippen LogP contribution in [0.25, 0.3) is 0 Å². The van der Waals surface area contributed by atoms with Crippen molar-refractivity contribution in [3.63, 3.8) is 0 Å². The molecule has 7 amide bonds. The average molecular weight is 845 g/mol. The van der Waals surface area contributed by atoms with E-state index >= 15 is 0 Å². The normalized spacial score (nSPS) is 10.5. The second kappa shape index (κ2) is 26.0. The maximum atomic E-state index is 12.6. The number of alkyl carbamates (subject to hydrolysis) is 1. The molecule has 0 saturated heterocycles. The van der Waals surface area contributed by atoms with Gasteiger partial charge in [-0.05, 0) is 77.3 Å². The first-order chi connectivity index (χ1) is 29.3. The van der Waals surface area contributed by atoms with E-state index in [1.54, 1.807) is 69.8 Å². The Labute approximate surface area is 354 Å². The number of rotatable bonds is 19. The quantitative estimate of drug-likeness (QED) is 0.0585. The molecule has 0 atom stereocenters. The van der Waals surface area contributed by atoms with Crippen molar-refractivity contribution in [1.82, 2.24) is 45.9 Å². The fourth-order valence-corrected chi connectivity index (χ4v) is 4.66. The average Bonchev–Trinajstić information content (AvgIpc) is 3.22. The molecule has 0 aromatic carbocycles. The highest BCUT2D eigenvalue weighted by Gasteiger charge is 2.18. The lowest BCUT2D eigenvalue weighted by atomic mass is 10.2. The molecule has 4 aromatic rings. The van der Waals surface area contributed by atoms with Crippen LogP contribution in [0.5, 0.6) is 0 Å². The summed E-state index contributed by atoms with van der Waals surface area (Å²) in [5, 5.41) is 24.7. The number of anilines is 6. The largest absolute Gasteiger partial charge is 0.444 e. The number of hydrogen-bond acceptors (Lipinski definition) is 15. The van der Waals surface area contributed by atoms with E-state index in [4.69, 9.17) is 10.5 Å². The third-order valence-corrected chi connectivity index (χ3v) is 7.45. The van der Waals surface area contributed by atoms with Crippen molar-refractivity contribution in [3.05, 3.63) is 72.6 Å². The van der Waals surface area contributed by atoms with Crippen LogP contribution in [0.1, 0.15) is 81.0 Å². The summed E-state index contributed by atoms with van der Waals surface area (Å²) in [4.78, 5) is 85.3. The van der Waals surface area contributed by atoms with Crippen LogP contribution in [0, 0.1) is 0 Å². The number of nitrogens with zero attached hydrogens (tertiary/aromatic N) is 6. The predicted octanol–water partition coefficient (Wildman–Crippen LogP) is 4.40. The van der Waals surface area contributed by atoms with Crippen LogP contribution in [0.15, 0.2) is 61.4 Å². The molecule has 4 heterocycles. The number of nitrogens with two attached hydrogens (primary N) is 1. The van der Waals surface area contributed by atoms with Gasteiger partial charge in [-0.3, -0.25) is 30.2 Å². The van der Waals surface area contributed by atoms with Crippen molar-refractivity contribution >= 4 is 64.9 Å². The molecule has 0 aliphatic rings. The second-order valence-electron chi connectivity index (χ2n) is 13.8. The molecule has 0 aliphatic carbocycles. The highest BCUT2D eigenvalue weighted by Crippen LogP contribution is 2.16. The van der Waals surface area contributed by atoms with Crippen molar-refractivity contribution in [2.75, 3.05) is 71.2 Å². The summed E-state index contributed by atoms with van der Waals surface area (Å²) >= 11 is 0. The molecule has 4 aromatic heterocycles. The zero-order chi connectivity index (χ0) is 44.5. The summed E-state index contributed by atoms with van der Waals surface area (Å²) in [7, 11) is 0. The lowest BCUT2D eigenvalue weighted by Gasteiger charge is -2.19. The molecule has 0 radical (unpaired) electrons. The Kier molecular flexibility index (Phi) is 20.5. The Morgan fingerprint density at radius 1 is 0.607 bits per heavy atom. The lowest BCUT2D eigenvalue weighted by molar-refractivity contribution is 0.0527. The minimum Gasteiger partial charge on any atom is -0.444 e. The Morgan fingerprint density at radius 2 is 1.03 bits per heavy atom. The van der Waals surface area contributed by atoms with Crippen molar-refractivity contribution in [2.45, 2.75) is 65.9 Å². The number of ether oxygens (including phenoxy) is 1. The van der Waals surface area contributed by atoms with Crippen molar-refractivity contribution < 1.29 is 28.7 Å². The molecular formula is C39H56N16O6. The standard InChI is InChI=1S/C22H32N8O4.C17H24N8O2/c1-5-9-24-17-16(18(31)25-10-6-11-26-21(33)34-22(2,3)4)14-27-19(29-17)30-20(32)28-15-7-12-23-13-8-15;1-2-7-20-14-13(15(26)21-8-3-6-18)11-22-16(24-14)25-17(27)23-12-4-9-19-10-5-12/h7-8,12-14H,5-6,9-11H2,1-4H3,(H,25,31)(H,26,33)(H3,23,24,27,28,29,30,32);4-5,9-11H,2-3,6-8,18H2,1H3,(H,21,26)(H3,19,20,22,23,24,25,27). The van der Waals surface area contributed by atoms with Crippen LogP contribution >= 0.6 is 0 Å². The van der Waals surface area contributed by atoms with E-state index in [1.165, 1.54) is 12.4 Å². The number of carbonyl (C=O) groups is 5. The Balaban J connectivity index is 0.000000334. The first-order valence-corrected chi connectivity index (χ1v) is 19.7. The van der Waals surface area contributed by atoms with E-state index in [2.05, 4.69) is 77.8 Å². The Hall–Kier alpha value is -7.23. The van der Waals surface area contributed by atoms with E-state index in [0.29, 0.717) is 80.7 Å². The molecule has 0 bridgehead atoms. The van der Waals surface area contributed by atoms with Gasteiger partial charge in [0.05, 0.1) is 0 Å². The summed E-state index contributed by atoms with van der Waals surface area (Å²) in [5.74, 6) is 0.122. The topological polar surface area (TPSA) is 306 Å². The highest BCUT2D eigenvalue weighted by atomic mass is 16.6. The van der Waals surface area contributed by atoms with Crippen LogP contribution in [0.4, 0.5) is 49.3 Å². The monoisotopic (exact) mass is 844 g/mol. The van der Waals surface area contributed by atoms with Crippen LogP contribution in [0.2, 0.25) is 0 Å². The second-order valence-corrected chi connectivity index (χ2v) is 13.8. The maximum Gasteiger partial charge on any atom is 0.407 e. The minimum absolute atomic E-state index is 0.0447. The van der Waals surface area contributed by atoms with E-state index in [-0.39, 0.29) is 29.3 Å². The summed E-state index contributed by atoms with van der Waals surface area (Å²) in [6, 6.07) is 5.58. The van der Waals surface area contributed by atoms with Crippen LogP contribution in [-0.2, 0) is 4.74 Å². The molecule has 4 rings (SSSR count). The van der Waals surface area contributed by atoms with Crippen molar-refractivity contribution in [1.29, 1.82) is 0 Å². The van der Waals surface area contributed by atoms with E-state index in [0.717, 1.165) is 12.8 Å². The number of aromatic nitrogens is 6. The lowest BCUT2D eigenvalue weighted by Crippen LogP contribution is -2.34. The van der Waals surface area contributed by atoms with E-state index in [1.807, 2.05) is 13.8 Å². The first kappa shape index (κ1) is 48.1. The van der Waals surface area contributed by atoms with Crippen molar-refractivity contribution in [3.8, 4) is 0 Å². The molecule has 328 valence electrons. The molecule has 22 nitrogen and oxygen atoms in total. The fraction of sp³-hybridized carbons (Fsp3) is 0.410. The zero-order valence-corrected chi connectivity index (χ0v) is 35.1. The summed E-state index contributed by atoms with van der Waals surface area (Å²) in [5.41, 5.74) is 6.56. The summed E-state index contributed by atoms with van der Waals surface area (Å²) < 4.78 is 5.16. The molecular weight excluding hydrogens is 789 g/mol. The molecule has 0 spiro atoms. The SMILES string of the molecule is CCCNc1nc(NC(=O)Nc2ccncc2)ncc1C(=O)NCCCN.CCCNc1nc(NC(=O)Nc2ccncc2)ncc1C(=O)NCCCNC(=O)OC(C)(C)C. The molecule has 0 aliphatic heterocycles. The van der Waals surface area contributed by atoms with Gasteiger partial charge in [0, 0.05) is 81.3 Å². The molecule has 11 N–H and O–H groups in total. The highest BCUT2D eigenvalue weighted by molar-refractivity contribution is 6.01. The molecule has 61 heavy (non-hydrogen) atoms. The van der Waals surface area contributed by atoms with E-state index in [9.17, 15) is 24.0 Å². The number of pyridine rings is 2. The number of nitrogens with one attached hydrogen (secondary N) is 9. The smallest absolute Gasteiger partial charge is 0.407 e. The van der Waals surface area contributed by atoms with E-state index < -0.39 is 23.8 Å². The van der Waals surface area contributed by atoms with Gasteiger partial charge in [-0.25, -0.2) is 24.4 Å². The maximum absolute atomic E-state index is 12.6. The third-order valence-electron chi connectivity index (χ3n) is 7.45. The van der Waals surface area contributed by atoms with Crippen molar-refractivity contribution in [2.24, 2.45) is 5.73 Å². The van der Waals surface area contributed by atoms with Crippen LogP contribution in [-0.4, -0.2) is 105 Å². The van der Waals surface area contributed by atoms with Gasteiger partial charge >= 0.3 is 18.2 Å². The number of hydrogen-bond donors (Lipinski definition) is 10. The third kappa shape index (κ3) is 18.9. The molecule has 0 unspecified atom stereocenters. The van der Waals surface area contributed by atoms with Crippen LogP contribution < -0.4 is 53.6 Å². The van der Waals surface area contributed by atoms with Gasteiger partial charge < -0.3 is 47.7 Å². The zero-order valence-electron chi connectivity index (χ0n) is 35.1. The predicted molar refractivity (Wildman–Crippen MR) is 233 cm³/mol. The molecule has 22 heteroatoms. The minimum atomic E-state index is -0.569. The van der Waals surface area contributed by atoms with Gasteiger partial charge in [0.25, 0.3) is 11.8 Å². The summed E-state index contributed by atoms with van der Waals surface area (Å²) in [6.45, 7) is 12.2. The Bertz CT molecular complexity index is 2000. The number of amides is 7. The Morgan fingerprint density at radius 3 is 1.44 bits per heavy atom. The summed E-state index contributed by atoms with van der Waals surface area (Å²) in [6.07, 6.45) is 11.3. The molecule has 0 fully saturated rings.